The lowest BCUT2D eigenvalue weighted by molar-refractivity contribution is -0.121. The molecule has 0 saturated carbocycles. The molecule has 0 aromatic heterocycles. The zero-order chi connectivity index (χ0) is 21.0. The first kappa shape index (κ1) is 21.0. The maximum Gasteiger partial charge on any atom is 0.253 e. The number of benzene rings is 2. The lowest BCUT2D eigenvalue weighted by Gasteiger charge is -2.31. The number of carbonyl (C=O) groups excluding carboxylic acids is 2. The predicted molar refractivity (Wildman–Crippen MR) is 112 cm³/mol. The number of nitrogens with one attached hydrogen (secondary N) is 1. The fourth-order valence-electron chi connectivity index (χ4n) is 3.35. The lowest BCUT2D eigenvalue weighted by atomic mass is 9.95. The van der Waals surface area contributed by atoms with Gasteiger partial charge in [0.25, 0.3) is 5.91 Å². The van der Waals surface area contributed by atoms with Crippen LogP contribution < -0.4 is 5.32 Å². The molecule has 6 nitrogen and oxygen atoms in total. The van der Waals surface area contributed by atoms with Crippen LogP contribution in [0.2, 0.25) is 0 Å². The Hall–Kier alpha value is -2.67. The van der Waals surface area contributed by atoms with Crippen LogP contribution in [-0.2, 0) is 14.6 Å². The monoisotopic (exact) mass is 414 g/mol. The Bertz CT molecular complexity index is 962. The van der Waals surface area contributed by atoms with Crippen molar-refractivity contribution in [2.75, 3.05) is 18.4 Å². The van der Waals surface area contributed by atoms with Crippen LogP contribution in [0.4, 0.5) is 5.69 Å². The van der Waals surface area contributed by atoms with E-state index in [1.165, 1.54) is 12.1 Å². The van der Waals surface area contributed by atoms with Gasteiger partial charge in [0.05, 0.1) is 10.1 Å². The van der Waals surface area contributed by atoms with Crippen molar-refractivity contribution in [2.45, 2.75) is 36.8 Å². The molecule has 7 heteroatoms. The van der Waals surface area contributed by atoms with Crippen molar-refractivity contribution in [2.24, 2.45) is 5.92 Å². The molecule has 2 aromatic rings. The van der Waals surface area contributed by atoms with E-state index in [1.54, 1.807) is 30.9 Å². The second kappa shape index (κ2) is 8.78. The van der Waals surface area contributed by atoms with Gasteiger partial charge in [-0.1, -0.05) is 18.2 Å². The SMILES string of the molecule is CC(C)S(=O)(=O)c1ccc(C(=O)N2CCC(C(=O)Nc3ccccc3)CC2)cc1. The molecule has 1 heterocycles. The average Bonchev–Trinajstić information content (AvgIpc) is 2.74. The second-order valence-corrected chi connectivity index (χ2v) is 10.0. The number of para-hydroxylation sites is 1. The summed E-state index contributed by atoms with van der Waals surface area (Å²) in [5, 5.41) is 2.41. The van der Waals surface area contributed by atoms with Crippen molar-refractivity contribution in [3.63, 3.8) is 0 Å². The highest BCUT2D eigenvalue weighted by Gasteiger charge is 2.28. The van der Waals surface area contributed by atoms with Crippen LogP contribution in [0, 0.1) is 5.92 Å². The maximum absolute atomic E-state index is 12.7. The molecule has 1 aliphatic rings. The minimum Gasteiger partial charge on any atom is -0.339 e. The van der Waals surface area contributed by atoms with Crippen molar-refractivity contribution in [3.05, 3.63) is 60.2 Å². The Morgan fingerprint density at radius 2 is 1.55 bits per heavy atom. The van der Waals surface area contributed by atoms with Gasteiger partial charge in [0, 0.05) is 30.3 Å². The molecule has 3 rings (SSSR count). The molecule has 0 unspecified atom stereocenters. The molecule has 29 heavy (non-hydrogen) atoms. The van der Waals surface area contributed by atoms with Crippen molar-refractivity contribution in [1.82, 2.24) is 4.90 Å². The van der Waals surface area contributed by atoms with Crippen molar-refractivity contribution < 1.29 is 18.0 Å². The summed E-state index contributed by atoms with van der Waals surface area (Å²) in [6.45, 7) is 4.26. The first-order valence-corrected chi connectivity index (χ1v) is 11.3. The van der Waals surface area contributed by atoms with Gasteiger partial charge in [0.15, 0.2) is 9.84 Å². The standard InChI is InChI=1S/C22H26N2O4S/c1-16(2)29(27,28)20-10-8-18(9-11-20)22(26)24-14-12-17(13-15-24)21(25)23-19-6-4-3-5-7-19/h3-11,16-17H,12-15H2,1-2H3,(H,23,25). The normalized spacial score (nSPS) is 15.3. The van der Waals surface area contributed by atoms with Gasteiger partial charge in [-0.05, 0) is 63.1 Å². The largest absolute Gasteiger partial charge is 0.339 e. The van der Waals surface area contributed by atoms with Crippen LogP contribution in [0.1, 0.15) is 37.0 Å². The fraction of sp³-hybridized carbons (Fsp3) is 0.364. The molecule has 1 fully saturated rings. The van der Waals surface area contributed by atoms with E-state index in [-0.39, 0.29) is 22.6 Å². The lowest BCUT2D eigenvalue weighted by Crippen LogP contribution is -2.41. The van der Waals surface area contributed by atoms with E-state index in [2.05, 4.69) is 5.32 Å². The van der Waals surface area contributed by atoms with Crippen LogP contribution in [0.15, 0.2) is 59.5 Å². The van der Waals surface area contributed by atoms with Gasteiger partial charge in [0.2, 0.25) is 5.91 Å². The number of hydrogen-bond acceptors (Lipinski definition) is 4. The molecule has 2 aromatic carbocycles. The van der Waals surface area contributed by atoms with Crippen molar-refractivity contribution in [3.8, 4) is 0 Å². The van der Waals surface area contributed by atoms with Crippen molar-refractivity contribution >= 4 is 27.3 Å². The van der Waals surface area contributed by atoms with Gasteiger partial charge in [-0.15, -0.1) is 0 Å². The van der Waals surface area contributed by atoms with Gasteiger partial charge in [0.1, 0.15) is 0 Å². The van der Waals surface area contributed by atoms with Crippen LogP contribution >= 0.6 is 0 Å². The number of anilines is 1. The number of nitrogens with zero attached hydrogens (tertiary/aromatic N) is 1. The quantitative estimate of drug-likeness (QED) is 0.813. The van der Waals surface area contributed by atoms with Gasteiger partial charge < -0.3 is 10.2 Å². The van der Waals surface area contributed by atoms with Gasteiger partial charge in [-0.25, -0.2) is 8.42 Å². The average molecular weight is 415 g/mol. The first-order valence-electron chi connectivity index (χ1n) is 9.78. The molecular weight excluding hydrogens is 388 g/mol. The van der Waals surface area contributed by atoms with E-state index in [9.17, 15) is 18.0 Å². The number of sulfone groups is 1. The second-order valence-electron chi connectivity index (χ2n) is 7.54. The zero-order valence-electron chi connectivity index (χ0n) is 16.7. The summed E-state index contributed by atoms with van der Waals surface area (Å²) in [6, 6.07) is 15.4. The van der Waals surface area contributed by atoms with E-state index in [4.69, 9.17) is 0 Å². The van der Waals surface area contributed by atoms with E-state index in [0.717, 1.165) is 5.69 Å². The van der Waals surface area contributed by atoms with Crippen LogP contribution in [0.3, 0.4) is 0 Å². The molecule has 1 saturated heterocycles. The third-order valence-electron chi connectivity index (χ3n) is 5.24. The van der Waals surface area contributed by atoms with Crippen LogP contribution in [0.5, 0.6) is 0 Å². The number of hydrogen-bond donors (Lipinski definition) is 1. The Morgan fingerprint density at radius 3 is 2.10 bits per heavy atom. The Morgan fingerprint density at radius 1 is 0.966 bits per heavy atom. The summed E-state index contributed by atoms with van der Waals surface area (Å²) in [6.07, 6.45) is 1.20. The molecule has 0 spiro atoms. The van der Waals surface area contributed by atoms with Crippen LogP contribution in [0.25, 0.3) is 0 Å². The number of rotatable bonds is 5. The first-order chi connectivity index (χ1) is 13.8. The van der Waals surface area contributed by atoms with Crippen LogP contribution in [-0.4, -0.2) is 43.5 Å². The zero-order valence-corrected chi connectivity index (χ0v) is 17.5. The smallest absolute Gasteiger partial charge is 0.253 e. The molecule has 0 radical (unpaired) electrons. The molecule has 0 atom stereocenters. The number of amides is 2. The maximum atomic E-state index is 12.7. The van der Waals surface area contributed by atoms with Gasteiger partial charge in [-0.2, -0.15) is 0 Å². The van der Waals surface area contributed by atoms with E-state index in [1.807, 2.05) is 30.3 Å². The Kier molecular flexibility index (Phi) is 6.37. The third kappa shape index (κ3) is 4.85. The number of piperidine rings is 1. The van der Waals surface area contributed by atoms with E-state index < -0.39 is 15.1 Å². The highest BCUT2D eigenvalue weighted by atomic mass is 32.2. The molecule has 0 aliphatic carbocycles. The fourth-order valence-corrected chi connectivity index (χ4v) is 4.41. The van der Waals surface area contributed by atoms with Crippen molar-refractivity contribution in [1.29, 1.82) is 0 Å². The molecular formula is C22H26N2O4S. The van der Waals surface area contributed by atoms with E-state index >= 15 is 0 Å². The van der Waals surface area contributed by atoms with Gasteiger partial charge >= 0.3 is 0 Å². The summed E-state index contributed by atoms with van der Waals surface area (Å²) in [7, 11) is -3.36. The summed E-state index contributed by atoms with van der Waals surface area (Å²) in [5.41, 5.74) is 1.23. The summed E-state index contributed by atoms with van der Waals surface area (Å²) < 4.78 is 24.4. The molecule has 2 amide bonds. The molecule has 154 valence electrons. The Balaban J connectivity index is 1.58. The topological polar surface area (TPSA) is 83.6 Å². The highest BCUT2D eigenvalue weighted by Crippen LogP contribution is 2.22. The minimum absolute atomic E-state index is 0.0217. The van der Waals surface area contributed by atoms with E-state index in [0.29, 0.717) is 31.5 Å². The minimum atomic E-state index is -3.36. The van der Waals surface area contributed by atoms with Gasteiger partial charge in [-0.3, -0.25) is 9.59 Å². The Labute approximate surface area is 171 Å². The molecule has 1 N–H and O–H groups in total. The number of carbonyl (C=O) groups is 2. The summed E-state index contributed by atoms with van der Waals surface area (Å²) in [4.78, 5) is 27.1. The molecule has 0 bridgehead atoms. The molecule has 1 aliphatic heterocycles. The summed E-state index contributed by atoms with van der Waals surface area (Å²) in [5.74, 6) is -0.287. The third-order valence-corrected chi connectivity index (χ3v) is 7.42. The summed E-state index contributed by atoms with van der Waals surface area (Å²) >= 11 is 0. The predicted octanol–water partition coefficient (Wildman–Crippen LogP) is 3.36. The highest BCUT2D eigenvalue weighted by molar-refractivity contribution is 7.92. The number of likely N-dealkylation sites (tertiary alicyclic amines) is 1.